The lowest BCUT2D eigenvalue weighted by atomic mass is 9.90. The Morgan fingerprint density at radius 1 is 0.917 bits per heavy atom. The van der Waals surface area contributed by atoms with E-state index in [-0.39, 0.29) is 6.10 Å². The van der Waals surface area contributed by atoms with Gasteiger partial charge in [0.25, 0.3) is 0 Å². The summed E-state index contributed by atoms with van der Waals surface area (Å²) >= 11 is 6.45. The van der Waals surface area contributed by atoms with E-state index in [1.165, 1.54) is 11.1 Å². The Morgan fingerprint density at radius 3 is 2.47 bits per heavy atom. The molecule has 8 heteroatoms. The zero-order chi connectivity index (χ0) is 25.2. The number of hydrogen-bond acceptors (Lipinski definition) is 7. The monoisotopic (exact) mass is 512 g/mol. The molecule has 3 aromatic carbocycles. The predicted octanol–water partition coefficient (Wildman–Crippen LogP) is 3.10. The summed E-state index contributed by atoms with van der Waals surface area (Å²) in [7, 11) is 0. The molecule has 0 radical (unpaired) electrons. The Kier molecular flexibility index (Phi) is 7.60. The van der Waals surface area contributed by atoms with E-state index < -0.39 is 37.1 Å². The summed E-state index contributed by atoms with van der Waals surface area (Å²) in [6, 6.07) is 21.1. The molecule has 1 fully saturated rings. The Balaban J connectivity index is 1.25. The lowest BCUT2D eigenvalue weighted by Crippen LogP contribution is -2.55. The molecule has 2 aliphatic heterocycles. The first-order valence-corrected chi connectivity index (χ1v) is 12.3. The Labute approximate surface area is 214 Å². The summed E-state index contributed by atoms with van der Waals surface area (Å²) in [6.45, 7) is 0.561. The van der Waals surface area contributed by atoms with Crippen LogP contribution in [0.4, 0.5) is 0 Å². The van der Waals surface area contributed by atoms with E-state index in [2.05, 4.69) is 12.1 Å². The number of ether oxygens (including phenoxy) is 3. The van der Waals surface area contributed by atoms with Gasteiger partial charge in [-0.1, -0.05) is 60.1 Å². The number of halogens is 1. The number of aliphatic hydroxyl groups excluding tert-OH is 4. The largest absolute Gasteiger partial charge is 0.491 e. The zero-order valence-electron chi connectivity index (χ0n) is 19.5. The number of rotatable bonds is 7. The van der Waals surface area contributed by atoms with Gasteiger partial charge in [0.05, 0.1) is 13.2 Å². The van der Waals surface area contributed by atoms with Crippen LogP contribution in [-0.4, -0.2) is 58.1 Å². The number of hydrogen-bond donors (Lipinski definition) is 4. The second kappa shape index (κ2) is 10.9. The van der Waals surface area contributed by atoms with Crippen molar-refractivity contribution in [2.24, 2.45) is 0 Å². The first-order chi connectivity index (χ1) is 17.4. The van der Waals surface area contributed by atoms with Gasteiger partial charge in [-0.15, -0.1) is 0 Å². The van der Waals surface area contributed by atoms with E-state index in [1.54, 1.807) is 12.1 Å². The Bertz CT molecular complexity index is 1180. The average molecular weight is 513 g/mol. The summed E-state index contributed by atoms with van der Waals surface area (Å²) < 4.78 is 17.5. The lowest BCUT2D eigenvalue weighted by Gasteiger charge is -2.40. The van der Waals surface area contributed by atoms with E-state index >= 15 is 0 Å². The van der Waals surface area contributed by atoms with Crippen LogP contribution < -0.4 is 4.74 Å². The van der Waals surface area contributed by atoms with Gasteiger partial charge >= 0.3 is 0 Å². The maximum Gasteiger partial charge on any atom is 0.119 e. The third-order valence-corrected chi connectivity index (χ3v) is 7.22. The van der Waals surface area contributed by atoms with E-state index in [4.69, 9.17) is 25.8 Å². The zero-order valence-corrected chi connectivity index (χ0v) is 20.3. The van der Waals surface area contributed by atoms with Gasteiger partial charge in [0.2, 0.25) is 0 Å². The predicted molar refractivity (Wildman–Crippen MR) is 133 cm³/mol. The molecule has 0 saturated carbocycles. The van der Waals surface area contributed by atoms with Gasteiger partial charge in [-0.25, -0.2) is 0 Å². The fraction of sp³-hybridized carbons (Fsp3) is 0.357. The molecule has 5 rings (SSSR count). The highest BCUT2D eigenvalue weighted by Gasteiger charge is 2.44. The second-order valence-corrected chi connectivity index (χ2v) is 9.64. The Hall–Kier alpha value is -2.49. The normalized spacial score (nSPS) is 27.6. The van der Waals surface area contributed by atoms with Gasteiger partial charge in [0.1, 0.15) is 49.0 Å². The maximum absolute atomic E-state index is 10.5. The smallest absolute Gasteiger partial charge is 0.119 e. The van der Waals surface area contributed by atoms with E-state index in [0.29, 0.717) is 30.2 Å². The lowest BCUT2D eigenvalue weighted by molar-refractivity contribution is -0.231. The maximum atomic E-state index is 10.5. The molecular formula is C28H29ClO7. The van der Waals surface area contributed by atoms with Crippen molar-refractivity contribution in [2.45, 2.75) is 49.7 Å². The minimum absolute atomic E-state index is 0.0789. The summed E-state index contributed by atoms with van der Waals surface area (Å²) in [5, 5.41) is 40.7. The number of benzene rings is 3. The molecule has 4 N–H and O–H groups in total. The summed E-state index contributed by atoms with van der Waals surface area (Å²) in [5.74, 6) is 0.743. The number of aliphatic hydroxyl groups is 4. The first kappa shape index (κ1) is 25.2. The molecule has 190 valence electrons. The molecule has 3 aromatic rings. The van der Waals surface area contributed by atoms with Crippen LogP contribution in [-0.2, 0) is 22.5 Å². The van der Waals surface area contributed by atoms with Crippen LogP contribution in [0, 0.1) is 0 Å². The van der Waals surface area contributed by atoms with Gasteiger partial charge in [0, 0.05) is 5.02 Å². The average Bonchev–Trinajstić information content (AvgIpc) is 3.32. The van der Waals surface area contributed by atoms with Gasteiger partial charge in [-0.3, -0.25) is 0 Å². The molecular weight excluding hydrogens is 484 g/mol. The standard InChI is InChI=1S/C28H29ClO7/c29-22-10-7-17(28-27(33)26(32)25(31)23(13-30)36-28)12-19(22)11-16-5-8-20(9-6-16)34-15-24-21-4-2-1-3-18(21)14-35-24/h1-10,12,23-28,30-33H,11,13-15H2/t23-,24-,25-,26+,27-,28+/m1/s1. The van der Waals surface area contributed by atoms with Crippen molar-refractivity contribution in [1.82, 2.24) is 0 Å². The van der Waals surface area contributed by atoms with Crippen LogP contribution in [0.1, 0.15) is 40.0 Å². The minimum atomic E-state index is -1.43. The van der Waals surface area contributed by atoms with Crippen LogP contribution in [0.2, 0.25) is 5.02 Å². The van der Waals surface area contributed by atoms with Crippen molar-refractivity contribution in [2.75, 3.05) is 13.2 Å². The molecule has 7 nitrogen and oxygen atoms in total. The molecule has 36 heavy (non-hydrogen) atoms. The van der Waals surface area contributed by atoms with E-state index in [1.807, 2.05) is 42.5 Å². The molecule has 2 aliphatic rings. The summed E-state index contributed by atoms with van der Waals surface area (Å²) in [5.41, 5.74) is 4.80. The highest BCUT2D eigenvalue weighted by molar-refractivity contribution is 6.31. The molecule has 0 aromatic heterocycles. The van der Waals surface area contributed by atoms with Crippen molar-refractivity contribution in [3.05, 3.63) is 99.6 Å². The van der Waals surface area contributed by atoms with Crippen molar-refractivity contribution >= 4 is 11.6 Å². The fourth-order valence-corrected chi connectivity index (χ4v) is 4.96. The van der Waals surface area contributed by atoms with Crippen molar-refractivity contribution in [1.29, 1.82) is 0 Å². The van der Waals surface area contributed by atoms with Gasteiger partial charge in [-0.2, -0.15) is 0 Å². The molecule has 0 bridgehead atoms. The van der Waals surface area contributed by atoms with Crippen LogP contribution in [0.3, 0.4) is 0 Å². The minimum Gasteiger partial charge on any atom is -0.491 e. The van der Waals surface area contributed by atoms with Crippen LogP contribution in [0.5, 0.6) is 5.75 Å². The van der Waals surface area contributed by atoms with Crippen molar-refractivity contribution in [3.8, 4) is 5.75 Å². The molecule has 0 spiro atoms. The van der Waals surface area contributed by atoms with Crippen molar-refractivity contribution in [3.63, 3.8) is 0 Å². The van der Waals surface area contributed by atoms with Crippen LogP contribution in [0.25, 0.3) is 0 Å². The van der Waals surface area contributed by atoms with E-state index in [9.17, 15) is 20.4 Å². The third-order valence-electron chi connectivity index (χ3n) is 6.85. The quantitative estimate of drug-likeness (QED) is 0.385. The molecule has 6 atom stereocenters. The van der Waals surface area contributed by atoms with Gasteiger partial charge in [0.15, 0.2) is 0 Å². The summed E-state index contributed by atoms with van der Waals surface area (Å²) in [4.78, 5) is 0. The molecule has 0 unspecified atom stereocenters. The van der Waals surface area contributed by atoms with Crippen LogP contribution >= 0.6 is 11.6 Å². The fourth-order valence-electron chi connectivity index (χ4n) is 4.78. The molecule has 1 saturated heterocycles. The van der Waals surface area contributed by atoms with Crippen LogP contribution in [0.15, 0.2) is 66.7 Å². The molecule has 2 heterocycles. The van der Waals surface area contributed by atoms with Gasteiger partial charge < -0.3 is 34.6 Å². The number of fused-ring (bicyclic) bond motifs is 1. The highest BCUT2D eigenvalue weighted by atomic mass is 35.5. The van der Waals surface area contributed by atoms with Gasteiger partial charge in [-0.05, 0) is 52.4 Å². The SMILES string of the molecule is OC[C@H]1O[C@@H](c2ccc(Cl)c(Cc3ccc(OC[C@H]4OCc5ccccc54)cc3)c2)[C@H](O)[C@@H](O)[C@@H]1O. The second-order valence-electron chi connectivity index (χ2n) is 9.23. The molecule has 0 aliphatic carbocycles. The summed E-state index contributed by atoms with van der Waals surface area (Å²) in [6.07, 6.45) is -5.60. The topological polar surface area (TPSA) is 109 Å². The molecule has 0 amide bonds. The third kappa shape index (κ3) is 5.14. The van der Waals surface area contributed by atoms with E-state index in [0.717, 1.165) is 16.9 Å². The first-order valence-electron chi connectivity index (χ1n) is 11.9. The van der Waals surface area contributed by atoms with Crippen molar-refractivity contribution < 1.29 is 34.6 Å². The Morgan fingerprint density at radius 2 is 1.69 bits per heavy atom. The highest BCUT2D eigenvalue weighted by Crippen LogP contribution is 2.35.